The summed E-state index contributed by atoms with van der Waals surface area (Å²) in [5.41, 5.74) is 1.03. The van der Waals surface area contributed by atoms with E-state index in [2.05, 4.69) is 4.99 Å². The summed E-state index contributed by atoms with van der Waals surface area (Å²) < 4.78 is 5.44. The molecule has 14 heavy (non-hydrogen) atoms. The lowest BCUT2D eigenvalue weighted by molar-refractivity contribution is 0.464. The van der Waals surface area contributed by atoms with Gasteiger partial charge >= 0.3 is 0 Å². The van der Waals surface area contributed by atoms with E-state index in [0.29, 0.717) is 0 Å². The molecule has 3 nitrogen and oxygen atoms in total. The molecule has 0 saturated heterocycles. The molecule has 0 spiro atoms. The molecular weight excluding hydrogens is 176 g/mol. The van der Waals surface area contributed by atoms with Crippen molar-refractivity contribution >= 4 is 11.9 Å². The summed E-state index contributed by atoms with van der Waals surface area (Å²) in [4.78, 5) is 6.20. The van der Waals surface area contributed by atoms with Gasteiger partial charge in [-0.1, -0.05) is 12.1 Å². The summed E-state index contributed by atoms with van der Waals surface area (Å²) in [5.74, 6) is 1.67. The summed E-state index contributed by atoms with van der Waals surface area (Å²) in [7, 11) is 0. The van der Waals surface area contributed by atoms with E-state index in [1.807, 2.05) is 41.4 Å². The van der Waals surface area contributed by atoms with Crippen LogP contribution in [-0.4, -0.2) is 6.21 Å². The topological polar surface area (TPSA) is 24.8 Å². The van der Waals surface area contributed by atoms with Crippen molar-refractivity contribution in [3.8, 4) is 5.75 Å². The van der Waals surface area contributed by atoms with Gasteiger partial charge in [0.1, 0.15) is 6.26 Å². The van der Waals surface area contributed by atoms with Crippen LogP contribution >= 0.6 is 0 Å². The van der Waals surface area contributed by atoms with Crippen LogP contribution in [0.15, 0.2) is 53.6 Å². The number of ether oxygens (including phenoxy) is 1. The lowest BCUT2D eigenvalue weighted by Gasteiger charge is -2.27. The Kier molecular flexibility index (Phi) is 1.44. The Morgan fingerprint density at radius 3 is 3.14 bits per heavy atom. The van der Waals surface area contributed by atoms with E-state index in [-0.39, 0.29) is 0 Å². The molecule has 0 saturated carbocycles. The summed E-state index contributed by atoms with van der Waals surface area (Å²) in [5, 5.41) is 0. The van der Waals surface area contributed by atoms with Crippen LogP contribution in [0.1, 0.15) is 0 Å². The maximum Gasteiger partial charge on any atom is 0.173 e. The quantitative estimate of drug-likeness (QED) is 0.618. The van der Waals surface area contributed by atoms with Crippen molar-refractivity contribution in [3.05, 3.63) is 48.6 Å². The van der Waals surface area contributed by atoms with Crippen molar-refractivity contribution in [3.63, 3.8) is 0 Å². The normalized spacial score (nSPS) is 16.9. The Balaban J connectivity index is 2.15. The molecule has 2 aliphatic rings. The SMILES string of the molecule is C1=CN2C(=COc3ccccc32)N=C1. The molecule has 0 unspecified atom stereocenters. The lowest BCUT2D eigenvalue weighted by atomic mass is 10.2. The highest BCUT2D eigenvalue weighted by Crippen LogP contribution is 2.35. The van der Waals surface area contributed by atoms with Gasteiger partial charge in [-0.25, -0.2) is 4.99 Å². The molecule has 2 heterocycles. The Bertz CT molecular complexity index is 460. The van der Waals surface area contributed by atoms with Gasteiger partial charge in [-0.05, 0) is 18.2 Å². The molecule has 1 aromatic carbocycles. The number of para-hydroxylation sites is 2. The highest BCUT2D eigenvalue weighted by molar-refractivity contribution is 5.79. The number of rotatable bonds is 0. The summed E-state index contributed by atoms with van der Waals surface area (Å²) >= 11 is 0. The fraction of sp³-hybridized carbons (Fsp3) is 0. The first-order valence-electron chi connectivity index (χ1n) is 4.41. The minimum Gasteiger partial charge on any atom is -0.459 e. The van der Waals surface area contributed by atoms with Crippen LogP contribution in [0.3, 0.4) is 0 Å². The summed E-state index contributed by atoms with van der Waals surface area (Å²) in [6.45, 7) is 0. The van der Waals surface area contributed by atoms with Gasteiger partial charge in [0.05, 0.1) is 5.69 Å². The second-order valence-electron chi connectivity index (χ2n) is 3.05. The molecule has 1 aromatic rings. The Labute approximate surface area is 81.6 Å². The number of benzene rings is 1. The second-order valence-corrected chi connectivity index (χ2v) is 3.05. The predicted molar refractivity (Wildman–Crippen MR) is 55.3 cm³/mol. The van der Waals surface area contributed by atoms with Gasteiger partial charge in [0.15, 0.2) is 11.6 Å². The van der Waals surface area contributed by atoms with Crippen molar-refractivity contribution in [2.45, 2.75) is 0 Å². The van der Waals surface area contributed by atoms with Gasteiger partial charge in [0.25, 0.3) is 0 Å². The first kappa shape index (κ1) is 7.38. The molecular formula is C11H8N2O. The average Bonchev–Trinajstić information content (AvgIpc) is 2.29. The standard InChI is InChI=1S/C11H8N2O/c1-2-5-10-9(4-1)13-7-3-6-12-11(13)8-14-10/h1-8H. The Morgan fingerprint density at radius 1 is 1.21 bits per heavy atom. The third-order valence-corrected chi connectivity index (χ3v) is 2.19. The summed E-state index contributed by atoms with van der Waals surface area (Å²) in [6.07, 6.45) is 7.28. The number of hydrogen-bond donors (Lipinski definition) is 0. The van der Waals surface area contributed by atoms with Gasteiger partial charge in [-0.15, -0.1) is 0 Å². The molecule has 0 aliphatic carbocycles. The molecule has 3 heteroatoms. The van der Waals surface area contributed by atoms with Gasteiger partial charge in [0, 0.05) is 12.4 Å². The van der Waals surface area contributed by atoms with Gasteiger partial charge in [0.2, 0.25) is 0 Å². The molecule has 0 fully saturated rings. The van der Waals surface area contributed by atoms with Crippen LogP contribution in [0.25, 0.3) is 0 Å². The first-order valence-corrected chi connectivity index (χ1v) is 4.41. The summed E-state index contributed by atoms with van der Waals surface area (Å²) in [6, 6.07) is 7.88. The number of allylic oxidation sites excluding steroid dienone is 1. The number of anilines is 1. The molecule has 0 N–H and O–H groups in total. The average molecular weight is 184 g/mol. The van der Waals surface area contributed by atoms with Gasteiger partial charge in [-0.2, -0.15) is 0 Å². The van der Waals surface area contributed by atoms with E-state index in [1.165, 1.54) is 0 Å². The number of nitrogens with zero attached hydrogens (tertiary/aromatic N) is 2. The molecule has 68 valence electrons. The molecule has 3 rings (SSSR count). The largest absolute Gasteiger partial charge is 0.459 e. The van der Waals surface area contributed by atoms with Crippen molar-refractivity contribution in [2.24, 2.45) is 4.99 Å². The molecule has 0 atom stereocenters. The lowest BCUT2D eigenvalue weighted by Crippen LogP contribution is -2.20. The van der Waals surface area contributed by atoms with E-state index in [0.717, 1.165) is 17.3 Å². The minimum absolute atomic E-state index is 0.811. The van der Waals surface area contributed by atoms with Crippen molar-refractivity contribution in [2.75, 3.05) is 4.90 Å². The number of fused-ring (bicyclic) bond motifs is 3. The number of hydrogen-bond acceptors (Lipinski definition) is 3. The third-order valence-electron chi connectivity index (χ3n) is 2.19. The molecule has 0 aromatic heterocycles. The molecule has 2 aliphatic heterocycles. The van der Waals surface area contributed by atoms with Crippen molar-refractivity contribution in [1.82, 2.24) is 0 Å². The molecule has 0 radical (unpaired) electrons. The zero-order valence-electron chi connectivity index (χ0n) is 7.42. The molecule has 0 bridgehead atoms. The van der Waals surface area contributed by atoms with E-state index in [4.69, 9.17) is 4.74 Å². The van der Waals surface area contributed by atoms with Crippen molar-refractivity contribution in [1.29, 1.82) is 0 Å². The van der Waals surface area contributed by atoms with Crippen LogP contribution < -0.4 is 9.64 Å². The highest BCUT2D eigenvalue weighted by Gasteiger charge is 2.19. The minimum atomic E-state index is 0.811. The monoisotopic (exact) mass is 184 g/mol. The zero-order valence-corrected chi connectivity index (χ0v) is 7.42. The predicted octanol–water partition coefficient (Wildman–Crippen LogP) is 2.28. The highest BCUT2D eigenvalue weighted by atomic mass is 16.5. The Morgan fingerprint density at radius 2 is 2.14 bits per heavy atom. The zero-order chi connectivity index (χ0) is 9.38. The van der Waals surface area contributed by atoms with E-state index in [1.54, 1.807) is 12.5 Å². The van der Waals surface area contributed by atoms with E-state index < -0.39 is 0 Å². The fourth-order valence-electron chi connectivity index (χ4n) is 1.55. The van der Waals surface area contributed by atoms with Gasteiger partial charge in [-0.3, -0.25) is 4.90 Å². The number of aliphatic imine (C=N–C) groups is 1. The molecule has 0 amide bonds. The maximum atomic E-state index is 5.44. The van der Waals surface area contributed by atoms with Crippen LogP contribution in [0.5, 0.6) is 5.75 Å². The Hall–Kier alpha value is -2.03. The smallest absolute Gasteiger partial charge is 0.173 e. The van der Waals surface area contributed by atoms with Crippen molar-refractivity contribution < 1.29 is 4.74 Å². The van der Waals surface area contributed by atoms with Crippen LogP contribution in [0, 0.1) is 0 Å². The van der Waals surface area contributed by atoms with Crippen LogP contribution in [-0.2, 0) is 0 Å². The van der Waals surface area contributed by atoms with E-state index in [9.17, 15) is 0 Å². The second kappa shape index (κ2) is 2.73. The first-order chi connectivity index (χ1) is 6.95. The maximum absolute atomic E-state index is 5.44. The fourth-order valence-corrected chi connectivity index (χ4v) is 1.55. The van der Waals surface area contributed by atoms with Crippen LogP contribution in [0.2, 0.25) is 0 Å². The van der Waals surface area contributed by atoms with E-state index >= 15 is 0 Å². The van der Waals surface area contributed by atoms with Crippen LogP contribution in [0.4, 0.5) is 5.69 Å². The van der Waals surface area contributed by atoms with Gasteiger partial charge < -0.3 is 4.74 Å². The third kappa shape index (κ3) is 0.956.